The Labute approximate surface area is 294 Å². The van der Waals surface area contributed by atoms with Gasteiger partial charge in [-0.05, 0) is 78.0 Å². The molecule has 1 aliphatic carbocycles. The van der Waals surface area contributed by atoms with Crippen LogP contribution >= 0.6 is 15.9 Å². The third-order valence-corrected chi connectivity index (χ3v) is 10.1. The fourth-order valence-electron chi connectivity index (χ4n) is 7.28. The first kappa shape index (κ1) is 32.1. The van der Waals surface area contributed by atoms with Gasteiger partial charge in [0.1, 0.15) is 34.5 Å². The van der Waals surface area contributed by atoms with E-state index < -0.39 is 11.5 Å². The highest BCUT2D eigenvalue weighted by molar-refractivity contribution is 9.10. The van der Waals surface area contributed by atoms with Crippen molar-refractivity contribution < 1.29 is 23.6 Å². The average molecular weight is 739 g/mol. The number of carbonyl (C=O) groups excluding carboxylic acids is 3. The van der Waals surface area contributed by atoms with Crippen molar-refractivity contribution in [2.45, 2.75) is 65.3 Å². The maximum absolute atomic E-state index is 14.4. The highest BCUT2D eigenvalue weighted by Gasteiger charge is 2.67. The molecule has 14 nitrogen and oxygen atoms in total. The van der Waals surface area contributed by atoms with E-state index in [2.05, 4.69) is 51.4 Å². The van der Waals surface area contributed by atoms with Crippen LogP contribution in [0.25, 0.3) is 28.1 Å². The third kappa shape index (κ3) is 5.79. The number of nitrogens with one attached hydrogen (secondary N) is 1. The first-order valence-corrected chi connectivity index (χ1v) is 17.0. The Balaban J connectivity index is 1.15. The molecule has 3 atom stereocenters. The molecule has 8 rings (SSSR count). The molecule has 2 fully saturated rings. The van der Waals surface area contributed by atoms with Gasteiger partial charge in [-0.2, -0.15) is 10.1 Å². The molecule has 1 unspecified atom stereocenters. The van der Waals surface area contributed by atoms with Crippen LogP contribution in [0.15, 0.2) is 51.9 Å². The summed E-state index contributed by atoms with van der Waals surface area (Å²) < 4.78 is 13.5. The number of likely N-dealkylation sites (tertiary alicyclic amines) is 1. The first-order chi connectivity index (χ1) is 24.1. The highest BCUT2D eigenvalue weighted by Crippen LogP contribution is 2.61. The standard InChI is InChI=1S/C35H32BrN9O5/c1-18-9-22(23-14-37-20(3)38-15-23)10-24-31(19(2)46)42-44(32(18)24)16-30(47)45-25-11-35(12-26(35)45)13-29-40-28(43-50-29)5-4-8-49-17-21-6-7-27(36)39-33(21)41-34(25)48/h4-7,9-10,14-15,25-26H,8,11-13,16-17H2,1-3H3,(H,39,41,48)/b5-4+/t25-,26?,35-/m0/s1. The van der Waals surface area contributed by atoms with Crippen LogP contribution in [0.2, 0.25) is 0 Å². The lowest BCUT2D eigenvalue weighted by Crippen LogP contribution is -2.47. The predicted octanol–water partition coefficient (Wildman–Crippen LogP) is 4.64. The number of hydrogen-bond donors (Lipinski definition) is 1. The van der Waals surface area contributed by atoms with E-state index in [1.165, 1.54) is 6.92 Å². The number of ketones is 1. The second kappa shape index (κ2) is 12.3. The molecule has 50 heavy (non-hydrogen) atoms. The summed E-state index contributed by atoms with van der Waals surface area (Å²) in [4.78, 5) is 60.7. The van der Waals surface area contributed by atoms with Crippen molar-refractivity contribution in [3.63, 3.8) is 0 Å². The number of benzene rings is 1. The van der Waals surface area contributed by atoms with Gasteiger partial charge >= 0.3 is 0 Å². The maximum atomic E-state index is 14.4. The largest absolute Gasteiger partial charge is 0.373 e. The van der Waals surface area contributed by atoms with Crippen LogP contribution in [0.4, 0.5) is 5.82 Å². The molecule has 4 bridgehead atoms. The van der Waals surface area contributed by atoms with E-state index in [1.807, 2.05) is 32.0 Å². The lowest BCUT2D eigenvalue weighted by molar-refractivity contribution is -0.138. The van der Waals surface area contributed by atoms with E-state index in [0.717, 1.165) is 16.7 Å². The molecule has 2 amide bonds. The quantitative estimate of drug-likeness (QED) is 0.201. The molecule has 3 aliphatic rings. The number of amides is 2. The van der Waals surface area contributed by atoms with E-state index in [-0.39, 0.29) is 42.5 Å². The van der Waals surface area contributed by atoms with Crippen LogP contribution in [-0.2, 0) is 33.9 Å². The number of anilines is 1. The summed E-state index contributed by atoms with van der Waals surface area (Å²) in [5.41, 5.74) is 3.68. The molecule has 15 heteroatoms. The minimum Gasteiger partial charge on any atom is -0.373 e. The zero-order valence-electron chi connectivity index (χ0n) is 27.5. The molecule has 1 N–H and O–H groups in total. The molecule has 254 valence electrons. The number of pyridine rings is 1. The Morgan fingerprint density at radius 3 is 2.72 bits per heavy atom. The van der Waals surface area contributed by atoms with E-state index in [1.54, 1.807) is 40.2 Å². The van der Waals surface area contributed by atoms with Gasteiger partial charge in [0.15, 0.2) is 11.6 Å². The number of ether oxygens (including phenoxy) is 1. The number of aromatic nitrogens is 7. The van der Waals surface area contributed by atoms with Crippen molar-refractivity contribution in [1.82, 2.24) is 39.8 Å². The van der Waals surface area contributed by atoms with Crippen molar-refractivity contribution in [2.24, 2.45) is 5.41 Å². The predicted molar refractivity (Wildman–Crippen MR) is 184 cm³/mol. The van der Waals surface area contributed by atoms with Crippen LogP contribution in [-0.4, -0.2) is 76.1 Å². The van der Waals surface area contributed by atoms with Crippen molar-refractivity contribution in [1.29, 1.82) is 0 Å². The van der Waals surface area contributed by atoms with Crippen LogP contribution in [0, 0.1) is 19.3 Å². The number of nitrogens with zero attached hydrogens (tertiary/aromatic N) is 8. The fourth-order valence-corrected chi connectivity index (χ4v) is 7.59. The Morgan fingerprint density at radius 1 is 1.10 bits per heavy atom. The van der Waals surface area contributed by atoms with Gasteiger partial charge < -0.3 is 19.5 Å². The number of piperidine rings is 1. The van der Waals surface area contributed by atoms with E-state index in [0.29, 0.717) is 70.3 Å². The molecule has 1 saturated heterocycles. The Bertz CT molecular complexity index is 2230. The van der Waals surface area contributed by atoms with Crippen LogP contribution < -0.4 is 5.32 Å². The van der Waals surface area contributed by atoms with Crippen LogP contribution in [0.3, 0.4) is 0 Å². The smallest absolute Gasteiger partial charge is 0.248 e. The topological polar surface area (TPSA) is 171 Å². The summed E-state index contributed by atoms with van der Waals surface area (Å²) in [7, 11) is 0. The Hall–Kier alpha value is -5.15. The molecular weight excluding hydrogens is 706 g/mol. The summed E-state index contributed by atoms with van der Waals surface area (Å²) in [6.07, 6.45) is 8.53. The monoisotopic (exact) mass is 737 g/mol. The lowest BCUT2D eigenvalue weighted by Gasteiger charge is -2.27. The zero-order valence-corrected chi connectivity index (χ0v) is 29.1. The molecule has 6 heterocycles. The zero-order chi connectivity index (χ0) is 34.7. The van der Waals surface area contributed by atoms with Gasteiger partial charge in [0.2, 0.25) is 17.7 Å². The second-order valence-electron chi connectivity index (χ2n) is 13.1. The van der Waals surface area contributed by atoms with E-state index in [9.17, 15) is 14.4 Å². The van der Waals surface area contributed by atoms with Gasteiger partial charge in [0.25, 0.3) is 0 Å². The Morgan fingerprint density at radius 2 is 1.92 bits per heavy atom. The summed E-state index contributed by atoms with van der Waals surface area (Å²) in [5.74, 6) is 1.01. The molecule has 1 spiro atoms. The summed E-state index contributed by atoms with van der Waals surface area (Å²) in [5, 5.41) is 12.3. The SMILES string of the molecule is CC(=O)c1nn(CC(=O)N2C3C[C@@]34Cc3nc(no3)/C=C/COCc3ccc(Br)nc3NC(=O)[C@@H]2C4)c2c(C)cc(-c3cnc(C)nc3)cc12. The number of fused-ring (bicyclic) bond motifs is 5. The van der Waals surface area contributed by atoms with Crippen molar-refractivity contribution >= 4 is 56.3 Å². The van der Waals surface area contributed by atoms with Gasteiger partial charge in [0.05, 0.1) is 18.7 Å². The number of rotatable bonds is 4. The van der Waals surface area contributed by atoms with Crippen LogP contribution in [0.5, 0.6) is 0 Å². The van der Waals surface area contributed by atoms with Gasteiger partial charge in [-0.15, -0.1) is 0 Å². The molecule has 1 saturated carbocycles. The first-order valence-electron chi connectivity index (χ1n) is 16.2. The van der Waals surface area contributed by atoms with E-state index >= 15 is 0 Å². The molecule has 0 radical (unpaired) electrons. The minimum atomic E-state index is -0.797. The number of Topliss-reactive ketones (excluding diaryl/α,β-unsaturated/α-hetero) is 1. The second-order valence-corrected chi connectivity index (χ2v) is 14.0. The third-order valence-electron chi connectivity index (χ3n) is 9.69. The van der Waals surface area contributed by atoms with Gasteiger partial charge in [-0.1, -0.05) is 17.3 Å². The van der Waals surface area contributed by atoms with Crippen molar-refractivity contribution in [2.75, 3.05) is 11.9 Å². The summed E-state index contributed by atoms with van der Waals surface area (Å²) >= 11 is 3.41. The van der Waals surface area contributed by atoms with E-state index in [4.69, 9.17) is 9.26 Å². The van der Waals surface area contributed by atoms with Gasteiger partial charge in [-0.25, -0.2) is 15.0 Å². The molecular formula is C35H32BrN9O5. The number of hydrogen-bond acceptors (Lipinski definition) is 11. The van der Waals surface area contributed by atoms with Crippen LogP contribution in [0.1, 0.15) is 58.9 Å². The molecule has 1 aromatic carbocycles. The lowest BCUT2D eigenvalue weighted by atomic mass is 9.95. The maximum Gasteiger partial charge on any atom is 0.248 e. The molecule has 5 aromatic rings. The normalized spacial score (nSPS) is 22.2. The average Bonchev–Trinajstić information content (AvgIpc) is 3.35. The molecule has 2 aliphatic heterocycles. The molecule has 4 aromatic heterocycles. The van der Waals surface area contributed by atoms with Crippen molar-refractivity contribution in [3.05, 3.63) is 81.7 Å². The number of aryl methyl sites for hydroxylation is 2. The highest BCUT2D eigenvalue weighted by atomic mass is 79.9. The van der Waals surface area contributed by atoms with Gasteiger partial charge in [0, 0.05) is 53.7 Å². The number of carbonyl (C=O) groups is 3. The number of halogens is 1. The summed E-state index contributed by atoms with van der Waals surface area (Å²) in [6, 6.07) is 6.44. The fraction of sp³-hybridized carbons (Fsp3) is 0.343. The van der Waals surface area contributed by atoms with Gasteiger partial charge in [-0.3, -0.25) is 19.1 Å². The summed E-state index contributed by atoms with van der Waals surface area (Å²) in [6.45, 7) is 5.51. The van der Waals surface area contributed by atoms with Crippen molar-refractivity contribution in [3.8, 4) is 11.1 Å². The minimum absolute atomic E-state index is 0.169. The Kier molecular flexibility index (Phi) is 7.90.